The van der Waals surface area contributed by atoms with Gasteiger partial charge in [-0.15, -0.1) is 12.4 Å². The fraction of sp³-hybridized carbons (Fsp3) is 0.500. The van der Waals surface area contributed by atoms with E-state index in [0.717, 1.165) is 24.0 Å². The van der Waals surface area contributed by atoms with Crippen LogP contribution in [0.25, 0.3) is 0 Å². The number of piperidine rings is 1. The van der Waals surface area contributed by atoms with Gasteiger partial charge in [0.25, 0.3) is 5.91 Å². The maximum Gasteiger partial charge on any atom is 0.253 e. The minimum absolute atomic E-state index is 0. The second kappa shape index (κ2) is 8.15. The maximum absolute atomic E-state index is 12.4. The van der Waals surface area contributed by atoms with Crippen LogP contribution >= 0.6 is 12.4 Å². The number of rotatable bonds is 3. The number of aryl methyl sites for hydroxylation is 1. The molecule has 0 bridgehead atoms. The zero-order chi connectivity index (χ0) is 15.4. The molecule has 1 atom stereocenters. The van der Waals surface area contributed by atoms with E-state index in [1.807, 2.05) is 36.1 Å². The van der Waals surface area contributed by atoms with E-state index in [-0.39, 0.29) is 30.3 Å². The number of amides is 2. The van der Waals surface area contributed by atoms with Gasteiger partial charge in [0.2, 0.25) is 5.91 Å². The molecule has 1 aliphatic heterocycles. The molecular weight excluding hydrogens is 302 g/mol. The van der Waals surface area contributed by atoms with E-state index in [1.165, 1.54) is 0 Å². The van der Waals surface area contributed by atoms with Gasteiger partial charge in [-0.05, 0) is 38.8 Å². The van der Waals surface area contributed by atoms with Gasteiger partial charge in [0.1, 0.15) is 0 Å². The lowest BCUT2D eigenvalue weighted by molar-refractivity contribution is -0.122. The van der Waals surface area contributed by atoms with Crippen LogP contribution in [0.4, 0.5) is 0 Å². The van der Waals surface area contributed by atoms with E-state index >= 15 is 0 Å². The van der Waals surface area contributed by atoms with Crippen molar-refractivity contribution in [2.45, 2.75) is 38.8 Å². The van der Waals surface area contributed by atoms with Crippen LogP contribution in [0, 0.1) is 6.92 Å². The average molecular weight is 326 g/mol. The van der Waals surface area contributed by atoms with Crippen LogP contribution in [-0.2, 0) is 4.79 Å². The van der Waals surface area contributed by atoms with Crippen molar-refractivity contribution < 1.29 is 9.59 Å². The number of benzene rings is 1. The van der Waals surface area contributed by atoms with Crippen molar-refractivity contribution in [2.75, 3.05) is 13.1 Å². The Bertz CT molecular complexity index is 509. The summed E-state index contributed by atoms with van der Waals surface area (Å²) in [5.74, 6) is -0.0646. The van der Waals surface area contributed by atoms with Gasteiger partial charge >= 0.3 is 0 Å². The minimum atomic E-state index is -0.489. The standard InChI is InChI=1S/C16H23N3O2.ClH/c1-11-3-5-13(6-4-11)16(21)19-9-7-14(8-10-19)18-15(20)12(2)17;/h3-6,12,14H,7-10,17H2,1-2H3,(H,18,20);1H/t12-;/m0./s1. The molecule has 0 unspecified atom stereocenters. The van der Waals surface area contributed by atoms with Gasteiger partial charge in [-0.1, -0.05) is 17.7 Å². The molecule has 2 amide bonds. The van der Waals surface area contributed by atoms with E-state index in [0.29, 0.717) is 13.1 Å². The Morgan fingerprint density at radius 3 is 2.27 bits per heavy atom. The lowest BCUT2D eigenvalue weighted by atomic mass is 10.0. The zero-order valence-electron chi connectivity index (χ0n) is 13.0. The summed E-state index contributed by atoms with van der Waals surface area (Å²) in [6.45, 7) is 5.00. The second-order valence-electron chi connectivity index (χ2n) is 5.73. The fourth-order valence-corrected chi connectivity index (χ4v) is 2.44. The van der Waals surface area contributed by atoms with E-state index in [1.54, 1.807) is 6.92 Å². The summed E-state index contributed by atoms with van der Waals surface area (Å²) in [4.78, 5) is 25.8. The number of hydrogen-bond acceptors (Lipinski definition) is 3. The van der Waals surface area contributed by atoms with Gasteiger partial charge in [-0.3, -0.25) is 9.59 Å². The van der Waals surface area contributed by atoms with Gasteiger partial charge in [-0.25, -0.2) is 0 Å². The zero-order valence-corrected chi connectivity index (χ0v) is 13.9. The average Bonchev–Trinajstić information content (AvgIpc) is 2.48. The molecule has 1 heterocycles. The Balaban J connectivity index is 0.00000242. The van der Waals surface area contributed by atoms with E-state index in [9.17, 15) is 9.59 Å². The molecule has 0 saturated carbocycles. The quantitative estimate of drug-likeness (QED) is 0.884. The molecule has 1 saturated heterocycles. The molecule has 0 aliphatic carbocycles. The molecular formula is C16H24ClN3O2. The third-order valence-corrected chi connectivity index (χ3v) is 3.84. The predicted octanol–water partition coefficient (Wildman–Crippen LogP) is 1.48. The predicted molar refractivity (Wildman–Crippen MR) is 89.1 cm³/mol. The number of carbonyl (C=O) groups excluding carboxylic acids is 2. The Morgan fingerprint density at radius 1 is 1.23 bits per heavy atom. The molecule has 5 nitrogen and oxygen atoms in total. The van der Waals surface area contributed by atoms with Crippen LogP contribution in [0.1, 0.15) is 35.7 Å². The first-order valence-electron chi connectivity index (χ1n) is 7.39. The highest BCUT2D eigenvalue weighted by Crippen LogP contribution is 2.14. The topological polar surface area (TPSA) is 75.4 Å². The number of halogens is 1. The number of carbonyl (C=O) groups is 2. The van der Waals surface area contributed by atoms with Crippen molar-refractivity contribution in [2.24, 2.45) is 5.73 Å². The molecule has 2 rings (SSSR count). The molecule has 0 spiro atoms. The molecule has 1 aromatic rings. The van der Waals surface area contributed by atoms with Crippen LogP contribution in [0.2, 0.25) is 0 Å². The highest BCUT2D eigenvalue weighted by Gasteiger charge is 2.25. The van der Waals surface area contributed by atoms with Crippen LogP contribution in [0.15, 0.2) is 24.3 Å². The van der Waals surface area contributed by atoms with Crippen molar-refractivity contribution in [3.63, 3.8) is 0 Å². The number of nitrogens with one attached hydrogen (secondary N) is 1. The molecule has 3 N–H and O–H groups in total. The van der Waals surface area contributed by atoms with Crippen molar-refractivity contribution >= 4 is 24.2 Å². The minimum Gasteiger partial charge on any atom is -0.352 e. The summed E-state index contributed by atoms with van der Waals surface area (Å²) in [7, 11) is 0. The lowest BCUT2D eigenvalue weighted by Gasteiger charge is -2.32. The number of nitrogens with zero attached hydrogens (tertiary/aromatic N) is 1. The number of likely N-dealkylation sites (tertiary alicyclic amines) is 1. The lowest BCUT2D eigenvalue weighted by Crippen LogP contribution is -2.49. The van der Waals surface area contributed by atoms with Crippen molar-refractivity contribution in [3.05, 3.63) is 35.4 Å². The Kier molecular flexibility index (Phi) is 6.84. The first-order valence-corrected chi connectivity index (χ1v) is 7.39. The van der Waals surface area contributed by atoms with Gasteiger partial charge in [0, 0.05) is 24.7 Å². The van der Waals surface area contributed by atoms with E-state index in [4.69, 9.17) is 5.73 Å². The second-order valence-corrected chi connectivity index (χ2v) is 5.73. The maximum atomic E-state index is 12.4. The monoisotopic (exact) mass is 325 g/mol. The van der Waals surface area contributed by atoms with E-state index in [2.05, 4.69) is 5.32 Å². The van der Waals surface area contributed by atoms with Crippen molar-refractivity contribution in [1.82, 2.24) is 10.2 Å². The Hall–Kier alpha value is -1.59. The summed E-state index contributed by atoms with van der Waals surface area (Å²) in [5.41, 5.74) is 7.40. The molecule has 1 fully saturated rings. The Morgan fingerprint density at radius 2 is 1.77 bits per heavy atom. The first kappa shape index (κ1) is 18.5. The van der Waals surface area contributed by atoms with Gasteiger partial charge < -0.3 is 16.0 Å². The van der Waals surface area contributed by atoms with Crippen LogP contribution < -0.4 is 11.1 Å². The molecule has 22 heavy (non-hydrogen) atoms. The summed E-state index contributed by atoms with van der Waals surface area (Å²) in [5, 5.41) is 2.92. The van der Waals surface area contributed by atoms with E-state index < -0.39 is 6.04 Å². The fourth-order valence-electron chi connectivity index (χ4n) is 2.44. The van der Waals surface area contributed by atoms with Crippen molar-refractivity contribution in [3.8, 4) is 0 Å². The highest BCUT2D eigenvalue weighted by molar-refractivity contribution is 5.94. The third-order valence-electron chi connectivity index (χ3n) is 3.84. The van der Waals surface area contributed by atoms with Crippen LogP contribution in [0.5, 0.6) is 0 Å². The molecule has 1 aromatic carbocycles. The smallest absolute Gasteiger partial charge is 0.253 e. The van der Waals surface area contributed by atoms with Gasteiger partial charge in [-0.2, -0.15) is 0 Å². The van der Waals surface area contributed by atoms with Crippen molar-refractivity contribution in [1.29, 1.82) is 0 Å². The largest absolute Gasteiger partial charge is 0.352 e. The number of hydrogen-bond donors (Lipinski definition) is 2. The summed E-state index contributed by atoms with van der Waals surface area (Å²) in [6.07, 6.45) is 1.55. The molecule has 1 aliphatic rings. The summed E-state index contributed by atoms with van der Waals surface area (Å²) in [6, 6.07) is 7.25. The van der Waals surface area contributed by atoms with Crippen LogP contribution in [0.3, 0.4) is 0 Å². The highest BCUT2D eigenvalue weighted by atomic mass is 35.5. The molecule has 122 valence electrons. The van der Waals surface area contributed by atoms with Crippen LogP contribution in [-0.4, -0.2) is 41.9 Å². The summed E-state index contributed by atoms with van der Waals surface area (Å²) >= 11 is 0. The first-order chi connectivity index (χ1) is 9.97. The van der Waals surface area contributed by atoms with Gasteiger partial charge in [0.15, 0.2) is 0 Å². The molecule has 6 heteroatoms. The molecule has 0 radical (unpaired) electrons. The molecule has 0 aromatic heterocycles. The van der Waals surface area contributed by atoms with Gasteiger partial charge in [0.05, 0.1) is 6.04 Å². The Labute approximate surface area is 137 Å². The normalized spacial score (nSPS) is 16.6. The number of nitrogens with two attached hydrogens (primary N) is 1. The SMILES string of the molecule is Cc1ccc(C(=O)N2CCC(NC(=O)[C@H](C)N)CC2)cc1.Cl. The summed E-state index contributed by atoms with van der Waals surface area (Å²) < 4.78 is 0. The third kappa shape index (κ3) is 4.71.